The summed E-state index contributed by atoms with van der Waals surface area (Å²) in [7, 11) is 0. The number of rotatable bonds is 6. The van der Waals surface area contributed by atoms with Gasteiger partial charge in [0.05, 0.1) is 0 Å². The van der Waals surface area contributed by atoms with E-state index in [4.69, 9.17) is 16.3 Å². The molecule has 29 heavy (non-hydrogen) atoms. The fourth-order valence-electron chi connectivity index (χ4n) is 3.57. The Kier molecular flexibility index (Phi) is 6.36. The second-order valence-electron chi connectivity index (χ2n) is 6.95. The second kappa shape index (κ2) is 8.61. The zero-order valence-corrected chi connectivity index (χ0v) is 17.5. The number of carbonyl (C=O) groups is 1. The summed E-state index contributed by atoms with van der Waals surface area (Å²) in [6.07, 6.45) is 1.67. The Morgan fingerprint density at radius 2 is 1.90 bits per heavy atom. The lowest BCUT2D eigenvalue weighted by molar-refractivity contribution is -0.0346. The van der Waals surface area contributed by atoms with Gasteiger partial charge >= 0.3 is 0 Å². The van der Waals surface area contributed by atoms with E-state index >= 15 is 0 Å². The number of benzene rings is 2. The molecular weight excluding hydrogens is 398 g/mol. The van der Waals surface area contributed by atoms with E-state index in [0.29, 0.717) is 40.4 Å². The summed E-state index contributed by atoms with van der Waals surface area (Å²) in [6.45, 7) is 8.07. The van der Waals surface area contributed by atoms with Crippen LogP contribution in [0.4, 0.5) is 8.78 Å². The Morgan fingerprint density at radius 3 is 2.48 bits per heavy atom. The molecule has 2 aromatic carbocycles. The standard InChI is InChI=1S/C22H23ClF2N2O2/c1-5-29-14(4)27-11-16(10-26-27)21-12(2)20(23)9-19(13(3)28)22(21)15-6-17(24)8-18(25)7-15/h6-9,11,14,26H,5,10H2,1-4H3. The summed E-state index contributed by atoms with van der Waals surface area (Å²) in [5.41, 5.74) is 6.57. The summed E-state index contributed by atoms with van der Waals surface area (Å²) >= 11 is 6.43. The number of hydrogen-bond acceptors (Lipinski definition) is 4. The van der Waals surface area contributed by atoms with Gasteiger partial charge in [-0.15, -0.1) is 0 Å². The zero-order chi connectivity index (χ0) is 21.3. The molecule has 0 fully saturated rings. The number of halogens is 3. The van der Waals surface area contributed by atoms with Crippen molar-refractivity contribution in [2.45, 2.75) is 33.9 Å². The van der Waals surface area contributed by atoms with Crippen molar-refractivity contribution >= 4 is 23.0 Å². The number of carbonyl (C=O) groups excluding carboxylic acids is 1. The molecule has 0 aromatic heterocycles. The number of hydrazine groups is 1. The van der Waals surface area contributed by atoms with E-state index in [1.165, 1.54) is 19.1 Å². The van der Waals surface area contributed by atoms with Gasteiger partial charge in [0.15, 0.2) is 5.78 Å². The number of ketones is 1. The molecule has 154 valence electrons. The van der Waals surface area contributed by atoms with Crippen molar-refractivity contribution in [2.75, 3.05) is 13.2 Å². The Balaban J connectivity index is 2.26. The summed E-state index contributed by atoms with van der Waals surface area (Å²) in [5.74, 6) is -1.66. The number of hydrogen-bond donors (Lipinski definition) is 1. The fourth-order valence-corrected chi connectivity index (χ4v) is 3.77. The van der Waals surface area contributed by atoms with Crippen molar-refractivity contribution in [3.8, 4) is 11.1 Å². The van der Waals surface area contributed by atoms with Crippen LogP contribution in [0, 0.1) is 18.6 Å². The van der Waals surface area contributed by atoms with Gasteiger partial charge in [-0.3, -0.25) is 9.80 Å². The van der Waals surface area contributed by atoms with Crippen molar-refractivity contribution in [1.29, 1.82) is 0 Å². The van der Waals surface area contributed by atoms with E-state index in [0.717, 1.165) is 17.2 Å². The lowest BCUT2D eigenvalue weighted by Gasteiger charge is -2.23. The maximum absolute atomic E-state index is 14.0. The zero-order valence-electron chi connectivity index (χ0n) is 16.8. The van der Waals surface area contributed by atoms with E-state index in [-0.39, 0.29) is 12.0 Å². The average molecular weight is 421 g/mol. The van der Waals surface area contributed by atoms with Crippen molar-refractivity contribution in [3.05, 3.63) is 63.8 Å². The van der Waals surface area contributed by atoms with E-state index in [2.05, 4.69) is 5.43 Å². The summed E-state index contributed by atoms with van der Waals surface area (Å²) in [5, 5.41) is 2.24. The minimum absolute atomic E-state index is 0.209. The van der Waals surface area contributed by atoms with Crippen molar-refractivity contribution < 1.29 is 18.3 Å². The third-order valence-electron chi connectivity index (χ3n) is 4.92. The predicted octanol–water partition coefficient (Wildman–Crippen LogP) is 5.34. The predicted molar refractivity (Wildman–Crippen MR) is 110 cm³/mol. The molecule has 0 saturated carbocycles. The molecule has 1 heterocycles. The summed E-state index contributed by atoms with van der Waals surface area (Å²) < 4.78 is 33.6. The molecule has 2 aromatic rings. The van der Waals surface area contributed by atoms with E-state index in [1.807, 2.05) is 32.0 Å². The van der Waals surface area contributed by atoms with Gasteiger partial charge in [-0.25, -0.2) is 14.2 Å². The van der Waals surface area contributed by atoms with Crippen molar-refractivity contribution in [3.63, 3.8) is 0 Å². The largest absolute Gasteiger partial charge is 0.358 e. The quantitative estimate of drug-likeness (QED) is 0.640. The summed E-state index contributed by atoms with van der Waals surface area (Å²) in [6, 6.07) is 4.82. The smallest absolute Gasteiger partial charge is 0.160 e. The Morgan fingerprint density at radius 1 is 1.24 bits per heavy atom. The van der Waals surface area contributed by atoms with E-state index in [9.17, 15) is 13.6 Å². The highest BCUT2D eigenvalue weighted by Crippen LogP contribution is 2.40. The molecule has 1 aliphatic heterocycles. The van der Waals surface area contributed by atoms with Crippen molar-refractivity contribution in [1.82, 2.24) is 10.4 Å². The first-order valence-corrected chi connectivity index (χ1v) is 9.75. The monoisotopic (exact) mass is 420 g/mol. The molecule has 1 atom stereocenters. The molecular formula is C22H23ClF2N2O2. The first kappa shape index (κ1) is 21.4. The molecule has 0 amide bonds. The van der Waals surface area contributed by atoms with Gasteiger partial charge in [-0.05, 0) is 68.2 Å². The van der Waals surface area contributed by atoms with Gasteiger partial charge in [-0.1, -0.05) is 11.6 Å². The van der Waals surface area contributed by atoms with Gasteiger partial charge in [0.2, 0.25) is 0 Å². The lowest BCUT2D eigenvalue weighted by Crippen LogP contribution is -2.38. The molecule has 0 bridgehead atoms. The van der Waals surface area contributed by atoms with Crippen molar-refractivity contribution in [2.24, 2.45) is 0 Å². The van der Waals surface area contributed by atoms with Gasteiger partial charge in [-0.2, -0.15) is 0 Å². The third-order valence-corrected chi connectivity index (χ3v) is 5.31. The molecule has 4 nitrogen and oxygen atoms in total. The Bertz CT molecular complexity index is 971. The normalized spacial score (nSPS) is 14.9. The fraction of sp³-hybridized carbons (Fsp3) is 0.318. The number of nitrogens with one attached hydrogen (secondary N) is 1. The molecule has 3 rings (SSSR count). The average Bonchev–Trinajstić information content (AvgIpc) is 3.12. The number of Topliss-reactive ketones (excluding diaryl/α,β-unsaturated/α-hetero) is 1. The maximum Gasteiger partial charge on any atom is 0.160 e. The van der Waals surface area contributed by atoms with Crippen LogP contribution in [0.15, 0.2) is 30.5 Å². The highest BCUT2D eigenvalue weighted by atomic mass is 35.5. The van der Waals surface area contributed by atoms with Gasteiger partial charge in [0.25, 0.3) is 0 Å². The maximum atomic E-state index is 14.0. The molecule has 0 aliphatic carbocycles. The Hall–Kier alpha value is -2.28. The Labute approximate surface area is 174 Å². The molecule has 0 radical (unpaired) electrons. The van der Waals surface area contributed by atoms with Gasteiger partial charge in [0, 0.05) is 41.6 Å². The number of ether oxygens (including phenoxy) is 1. The molecule has 0 saturated heterocycles. The summed E-state index contributed by atoms with van der Waals surface area (Å²) in [4.78, 5) is 12.4. The minimum Gasteiger partial charge on any atom is -0.358 e. The molecule has 1 unspecified atom stereocenters. The van der Waals surface area contributed by atoms with Crippen LogP contribution in [0.2, 0.25) is 5.02 Å². The molecule has 1 N–H and O–H groups in total. The lowest BCUT2D eigenvalue weighted by atomic mass is 9.86. The SMILES string of the molecule is CCOC(C)N1C=C(c2c(C)c(Cl)cc(C(C)=O)c2-c2cc(F)cc(F)c2)CN1. The van der Waals surface area contributed by atoms with Gasteiger partial charge < -0.3 is 4.74 Å². The van der Waals surface area contributed by atoms with Crippen LogP contribution in [-0.2, 0) is 4.74 Å². The first-order valence-electron chi connectivity index (χ1n) is 9.38. The van der Waals surface area contributed by atoms with Gasteiger partial charge in [0.1, 0.15) is 17.9 Å². The topological polar surface area (TPSA) is 41.6 Å². The van der Waals surface area contributed by atoms with Crippen LogP contribution < -0.4 is 5.43 Å². The molecule has 7 heteroatoms. The van der Waals surface area contributed by atoms with Crippen LogP contribution in [0.1, 0.15) is 42.3 Å². The van der Waals surface area contributed by atoms with Crippen LogP contribution in [0.3, 0.4) is 0 Å². The highest BCUT2D eigenvalue weighted by Gasteiger charge is 2.26. The van der Waals surface area contributed by atoms with Crippen LogP contribution in [-0.4, -0.2) is 30.2 Å². The van der Waals surface area contributed by atoms with Crippen LogP contribution in [0.5, 0.6) is 0 Å². The number of nitrogens with zero attached hydrogens (tertiary/aromatic N) is 1. The first-order chi connectivity index (χ1) is 13.7. The van der Waals surface area contributed by atoms with E-state index < -0.39 is 11.6 Å². The minimum atomic E-state index is -0.710. The molecule has 1 aliphatic rings. The molecule has 0 spiro atoms. The second-order valence-corrected chi connectivity index (χ2v) is 7.35. The van der Waals surface area contributed by atoms with E-state index in [1.54, 1.807) is 6.07 Å². The third kappa shape index (κ3) is 4.34. The van der Waals surface area contributed by atoms with Crippen LogP contribution >= 0.6 is 11.6 Å². The highest BCUT2D eigenvalue weighted by molar-refractivity contribution is 6.32. The van der Waals surface area contributed by atoms with Crippen LogP contribution in [0.25, 0.3) is 16.7 Å².